The number of aldehydes is 1. The van der Waals surface area contributed by atoms with Gasteiger partial charge in [0.25, 0.3) is 0 Å². The fourth-order valence-corrected chi connectivity index (χ4v) is 3.32. The minimum atomic E-state index is 0.592. The summed E-state index contributed by atoms with van der Waals surface area (Å²) in [5, 5.41) is 4.06. The second-order valence-electron chi connectivity index (χ2n) is 6.25. The summed E-state index contributed by atoms with van der Waals surface area (Å²) in [5.74, 6) is 0. The van der Waals surface area contributed by atoms with E-state index in [1.54, 1.807) is 11.9 Å². The molecule has 0 fully saturated rings. The van der Waals surface area contributed by atoms with Gasteiger partial charge in [-0.25, -0.2) is 0 Å². The molecule has 1 heterocycles. The normalized spacial score (nSPS) is 10.1. The van der Waals surface area contributed by atoms with Gasteiger partial charge in [-0.2, -0.15) is 0 Å². The Morgan fingerprint density at radius 1 is 0.929 bits per heavy atom. The number of carbonyl (C=O) groups is 1. The largest absolute Gasteiger partial charge is 0.388 e. The van der Waals surface area contributed by atoms with Crippen molar-refractivity contribution in [1.82, 2.24) is 4.98 Å². The minimum absolute atomic E-state index is 0.592. The molecule has 3 N–H and O–H groups in total. The van der Waals surface area contributed by atoms with Crippen LogP contribution in [0.3, 0.4) is 0 Å². The maximum Gasteiger partial charge on any atom is 0.166 e. The molecule has 0 spiro atoms. The van der Waals surface area contributed by atoms with Crippen molar-refractivity contribution in [2.24, 2.45) is 0 Å². The molecule has 0 atom stereocenters. The van der Waals surface area contributed by atoms with E-state index in [0.29, 0.717) is 5.69 Å². The van der Waals surface area contributed by atoms with Crippen LogP contribution in [-0.2, 0) is 0 Å². The summed E-state index contributed by atoms with van der Waals surface area (Å²) in [6.07, 6.45) is 0.830. The van der Waals surface area contributed by atoms with Gasteiger partial charge in [0.15, 0.2) is 6.29 Å². The van der Waals surface area contributed by atoms with E-state index in [2.05, 4.69) is 46.2 Å². The second-order valence-corrected chi connectivity index (χ2v) is 7.13. The number of hydrogen-bond donors (Lipinski definition) is 3. The van der Waals surface area contributed by atoms with Gasteiger partial charge < -0.3 is 15.0 Å². The van der Waals surface area contributed by atoms with Crippen molar-refractivity contribution in [3.05, 3.63) is 90.1 Å². The van der Waals surface area contributed by atoms with Gasteiger partial charge in [0, 0.05) is 23.0 Å². The molecule has 4 nitrogen and oxygen atoms in total. The molecule has 0 bridgehead atoms. The highest BCUT2D eigenvalue weighted by Gasteiger charge is 2.05. The zero-order valence-electron chi connectivity index (χ0n) is 15.9. The van der Waals surface area contributed by atoms with Gasteiger partial charge in [-0.05, 0) is 55.3 Å². The first-order chi connectivity index (χ1) is 13.7. The van der Waals surface area contributed by atoms with Crippen molar-refractivity contribution in [3.63, 3.8) is 0 Å². The molecule has 1 aromatic heterocycles. The average molecular weight is 390 g/mol. The number of hydrogen-bond acceptors (Lipinski definition) is 4. The molecule has 5 heteroatoms. The van der Waals surface area contributed by atoms with Crippen LogP contribution in [0.2, 0.25) is 0 Å². The zero-order chi connectivity index (χ0) is 19.8. The number of benzene rings is 3. The Hall–Kier alpha value is -3.18. The van der Waals surface area contributed by atoms with Crippen molar-refractivity contribution in [2.75, 3.05) is 17.1 Å². The number of para-hydroxylation sites is 2. The predicted octanol–water partition coefficient (Wildman–Crippen LogP) is 6.14. The molecular formula is C23H23N3OS. The zero-order valence-corrected chi connectivity index (χ0v) is 16.7. The quantitative estimate of drug-likeness (QED) is 0.284. The molecule has 0 saturated carbocycles. The summed E-state index contributed by atoms with van der Waals surface area (Å²) >= 11 is 1.56. The predicted molar refractivity (Wildman–Crippen MR) is 120 cm³/mol. The first-order valence-electron chi connectivity index (χ1n) is 8.99. The number of aryl methyl sites for hydroxylation is 1. The van der Waals surface area contributed by atoms with Gasteiger partial charge in [0.1, 0.15) is 0 Å². The van der Waals surface area contributed by atoms with Crippen molar-refractivity contribution in [2.45, 2.75) is 11.8 Å². The van der Waals surface area contributed by atoms with Crippen molar-refractivity contribution >= 4 is 40.5 Å². The smallest absolute Gasteiger partial charge is 0.166 e. The molecule has 4 aromatic rings. The molecule has 0 saturated heterocycles. The Morgan fingerprint density at radius 2 is 1.68 bits per heavy atom. The van der Waals surface area contributed by atoms with Crippen molar-refractivity contribution in [1.29, 1.82) is 0 Å². The molecule has 0 unspecified atom stereocenters. The molecule has 4 rings (SSSR count). The molecule has 142 valence electrons. The highest BCUT2D eigenvalue weighted by atomic mass is 32.2. The third-order valence-electron chi connectivity index (χ3n) is 4.17. The number of aromatic amines is 1. The number of nitrogens with one attached hydrogen (secondary N) is 3. The third-order valence-corrected chi connectivity index (χ3v) is 5.00. The summed E-state index contributed by atoms with van der Waals surface area (Å²) < 4.78 is 3.33. The van der Waals surface area contributed by atoms with Crippen molar-refractivity contribution in [3.8, 4) is 0 Å². The van der Waals surface area contributed by atoms with Gasteiger partial charge in [-0.15, -0.1) is 0 Å². The number of anilines is 2. The lowest BCUT2D eigenvalue weighted by molar-refractivity contribution is 0.112. The lowest BCUT2D eigenvalue weighted by Gasteiger charge is -2.07. The van der Waals surface area contributed by atoms with Gasteiger partial charge in [0.2, 0.25) is 0 Å². The van der Waals surface area contributed by atoms with E-state index >= 15 is 0 Å². The average Bonchev–Trinajstić information content (AvgIpc) is 3.18. The summed E-state index contributed by atoms with van der Waals surface area (Å²) in [4.78, 5) is 15.1. The Bertz CT molecular complexity index is 1030. The molecular weight excluding hydrogens is 366 g/mol. The number of rotatable bonds is 5. The molecule has 0 radical (unpaired) electrons. The number of H-pyrrole nitrogens is 1. The topological polar surface area (TPSA) is 56.9 Å². The van der Waals surface area contributed by atoms with Crippen LogP contribution in [0.1, 0.15) is 16.1 Å². The SMILES string of the molecule is CNc1ccccc1.Cc1ccc(SNc2cccc3cc(C=O)[nH]c23)cc1. The van der Waals surface area contributed by atoms with E-state index in [0.717, 1.165) is 33.5 Å². The summed E-state index contributed by atoms with van der Waals surface area (Å²) in [5.41, 5.74) is 4.92. The number of aromatic nitrogens is 1. The minimum Gasteiger partial charge on any atom is -0.388 e. The van der Waals surface area contributed by atoms with Gasteiger partial charge in [-0.3, -0.25) is 4.79 Å². The Morgan fingerprint density at radius 3 is 2.32 bits per heavy atom. The fourth-order valence-electron chi connectivity index (χ4n) is 2.65. The maximum atomic E-state index is 10.8. The van der Waals surface area contributed by atoms with E-state index in [1.165, 1.54) is 5.56 Å². The Kier molecular flexibility index (Phi) is 6.76. The molecule has 0 aliphatic heterocycles. The van der Waals surface area contributed by atoms with Crippen LogP contribution in [0, 0.1) is 6.92 Å². The summed E-state index contributed by atoms with van der Waals surface area (Å²) in [6, 6.07) is 26.2. The van der Waals surface area contributed by atoms with Gasteiger partial charge in [-0.1, -0.05) is 48.0 Å². The summed E-state index contributed by atoms with van der Waals surface area (Å²) in [7, 11) is 1.91. The lowest BCUT2D eigenvalue weighted by Crippen LogP contribution is -1.88. The Labute approximate surface area is 169 Å². The van der Waals surface area contributed by atoms with Crippen LogP contribution < -0.4 is 10.0 Å². The standard InChI is InChI=1S/C16H14N2OS.C7H9N/c1-11-5-7-14(8-6-11)20-18-15-4-2-3-12-9-13(10-19)17-16(12)15;1-8-7-5-3-2-4-6-7/h2-10,17-18H,1H3;2-6,8H,1H3. The molecule has 0 aliphatic rings. The number of carbonyl (C=O) groups excluding carboxylic acids is 1. The van der Waals surface area contributed by atoms with Crippen LogP contribution in [0.4, 0.5) is 11.4 Å². The van der Waals surface area contributed by atoms with E-state index in [1.807, 2.05) is 61.6 Å². The van der Waals surface area contributed by atoms with Crippen LogP contribution in [0.15, 0.2) is 83.8 Å². The van der Waals surface area contributed by atoms with Crippen molar-refractivity contribution < 1.29 is 4.79 Å². The van der Waals surface area contributed by atoms with E-state index < -0.39 is 0 Å². The van der Waals surface area contributed by atoms with E-state index in [-0.39, 0.29) is 0 Å². The molecule has 0 aliphatic carbocycles. The highest BCUT2D eigenvalue weighted by Crippen LogP contribution is 2.28. The first-order valence-corrected chi connectivity index (χ1v) is 9.80. The number of fused-ring (bicyclic) bond motifs is 1. The third kappa shape index (κ3) is 5.18. The van der Waals surface area contributed by atoms with Gasteiger partial charge in [0.05, 0.1) is 16.9 Å². The molecule has 28 heavy (non-hydrogen) atoms. The van der Waals surface area contributed by atoms with Gasteiger partial charge >= 0.3 is 0 Å². The van der Waals surface area contributed by atoms with Crippen LogP contribution >= 0.6 is 11.9 Å². The molecule has 3 aromatic carbocycles. The van der Waals surface area contributed by atoms with Crippen LogP contribution in [-0.4, -0.2) is 18.3 Å². The second kappa shape index (κ2) is 9.67. The maximum absolute atomic E-state index is 10.8. The first kappa shape index (κ1) is 19.6. The summed E-state index contributed by atoms with van der Waals surface area (Å²) in [6.45, 7) is 2.07. The van der Waals surface area contributed by atoms with E-state index in [4.69, 9.17) is 0 Å². The molecule has 0 amide bonds. The van der Waals surface area contributed by atoms with Crippen LogP contribution in [0.25, 0.3) is 10.9 Å². The fraction of sp³-hybridized carbons (Fsp3) is 0.0870. The van der Waals surface area contributed by atoms with Crippen LogP contribution in [0.5, 0.6) is 0 Å². The highest BCUT2D eigenvalue weighted by molar-refractivity contribution is 8.00. The van der Waals surface area contributed by atoms with E-state index in [9.17, 15) is 4.79 Å². The Balaban J connectivity index is 0.000000236. The lowest BCUT2D eigenvalue weighted by atomic mass is 10.2. The monoisotopic (exact) mass is 389 g/mol.